The number of carbonyl (C=O) groups is 1. The summed E-state index contributed by atoms with van der Waals surface area (Å²) < 4.78 is 2.10. The van der Waals surface area contributed by atoms with Crippen molar-refractivity contribution in [2.75, 3.05) is 14.1 Å². The molecule has 27 heavy (non-hydrogen) atoms. The van der Waals surface area contributed by atoms with E-state index in [9.17, 15) is 4.79 Å². The Kier molecular flexibility index (Phi) is 7.46. The van der Waals surface area contributed by atoms with Gasteiger partial charge in [-0.1, -0.05) is 19.1 Å². The molecule has 6 nitrogen and oxygen atoms in total. The van der Waals surface area contributed by atoms with E-state index in [0.717, 1.165) is 24.5 Å². The minimum atomic E-state index is -0.0260. The predicted octanol–water partition coefficient (Wildman–Crippen LogP) is 2.76. The first-order chi connectivity index (χ1) is 12.9. The van der Waals surface area contributed by atoms with Crippen LogP contribution in [0.1, 0.15) is 41.9 Å². The van der Waals surface area contributed by atoms with E-state index in [1.54, 1.807) is 7.05 Å². The van der Waals surface area contributed by atoms with Gasteiger partial charge in [-0.15, -0.1) is 0 Å². The second-order valence-corrected chi connectivity index (χ2v) is 6.85. The van der Waals surface area contributed by atoms with Gasteiger partial charge in [0.1, 0.15) is 0 Å². The van der Waals surface area contributed by atoms with Crippen LogP contribution in [0, 0.1) is 0 Å². The number of hydrogen-bond donors (Lipinski definition) is 2. The van der Waals surface area contributed by atoms with Gasteiger partial charge in [-0.2, -0.15) is 0 Å². The Morgan fingerprint density at radius 2 is 1.96 bits per heavy atom. The molecule has 0 aliphatic carbocycles. The van der Waals surface area contributed by atoms with Gasteiger partial charge in [0.25, 0.3) is 5.91 Å². The topological polar surface area (TPSA) is 61.7 Å². The zero-order chi connectivity index (χ0) is 19.8. The van der Waals surface area contributed by atoms with Crippen molar-refractivity contribution in [3.05, 3.63) is 59.4 Å². The van der Waals surface area contributed by atoms with Crippen molar-refractivity contribution in [2.24, 2.45) is 12.0 Å². The highest BCUT2D eigenvalue weighted by atomic mass is 16.1. The molecule has 1 unspecified atom stereocenters. The second kappa shape index (κ2) is 9.80. The Hall–Kier alpha value is -2.76. The molecule has 1 aromatic carbocycles. The van der Waals surface area contributed by atoms with E-state index in [-0.39, 0.29) is 11.9 Å². The van der Waals surface area contributed by atoms with Crippen molar-refractivity contribution < 1.29 is 4.79 Å². The summed E-state index contributed by atoms with van der Waals surface area (Å²) in [7, 11) is 5.84. The third-order valence-electron chi connectivity index (χ3n) is 4.68. The molecular formula is C21H31N5O. The Morgan fingerprint density at radius 1 is 1.26 bits per heavy atom. The van der Waals surface area contributed by atoms with Gasteiger partial charge < -0.3 is 20.1 Å². The first-order valence-electron chi connectivity index (χ1n) is 9.36. The predicted molar refractivity (Wildman–Crippen MR) is 111 cm³/mol. The third kappa shape index (κ3) is 5.88. The fourth-order valence-electron chi connectivity index (χ4n) is 2.73. The molecule has 2 rings (SSSR count). The summed E-state index contributed by atoms with van der Waals surface area (Å²) in [6, 6.07) is 12.0. The molecule has 0 radical (unpaired) electrons. The molecule has 1 atom stereocenters. The minimum Gasteiger partial charge on any atom is -0.353 e. The SMILES string of the molecule is CCC(C)NC(=O)c1ccc(CNC(=NC)N(C)Cc2cccn2C)cc1. The molecule has 2 aromatic rings. The van der Waals surface area contributed by atoms with E-state index in [4.69, 9.17) is 0 Å². The van der Waals surface area contributed by atoms with Crippen LogP contribution < -0.4 is 10.6 Å². The van der Waals surface area contributed by atoms with E-state index in [2.05, 4.69) is 38.1 Å². The third-order valence-corrected chi connectivity index (χ3v) is 4.68. The summed E-state index contributed by atoms with van der Waals surface area (Å²) in [6.45, 7) is 5.49. The number of guanidine groups is 1. The van der Waals surface area contributed by atoms with Gasteiger partial charge in [0.2, 0.25) is 0 Å². The maximum absolute atomic E-state index is 12.2. The van der Waals surface area contributed by atoms with Gasteiger partial charge in [-0.05, 0) is 43.2 Å². The quantitative estimate of drug-likeness (QED) is 0.583. The number of rotatable bonds is 7. The average molecular weight is 370 g/mol. The monoisotopic (exact) mass is 369 g/mol. The van der Waals surface area contributed by atoms with Crippen molar-refractivity contribution in [3.8, 4) is 0 Å². The molecule has 0 fully saturated rings. The van der Waals surface area contributed by atoms with Gasteiger partial charge in [0.05, 0.1) is 6.54 Å². The average Bonchev–Trinajstić information content (AvgIpc) is 3.07. The number of amides is 1. The number of nitrogens with zero attached hydrogens (tertiary/aromatic N) is 3. The number of hydrogen-bond acceptors (Lipinski definition) is 2. The molecule has 0 saturated carbocycles. The molecule has 2 N–H and O–H groups in total. The summed E-state index contributed by atoms with van der Waals surface area (Å²) in [5, 5.41) is 6.36. The Balaban J connectivity index is 1.90. The lowest BCUT2D eigenvalue weighted by Crippen LogP contribution is -2.38. The molecule has 1 aromatic heterocycles. The van der Waals surface area contributed by atoms with Crippen LogP contribution in [-0.4, -0.2) is 41.5 Å². The number of aliphatic imine (C=N–C) groups is 1. The molecule has 1 amide bonds. The molecule has 6 heteroatoms. The highest BCUT2D eigenvalue weighted by molar-refractivity contribution is 5.94. The number of carbonyl (C=O) groups excluding carboxylic acids is 1. The molecule has 1 heterocycles. The van der Waals surface area contributed by atoms with Gasteiger partial charge in [-0.3, -0.25) is 9.79 Å². The maximum Gasteiger partial charge on any atom is 0.251 e. The van der Waals surface area contributed by atoms with Crippen LogP contribution in [0.4, 0.5) is 0 Å². The van der Waals surface area contributed by atoms with E-state index < -0.39 is 0 Å². The molecule has 0 spiro atoms. The Labute approximate surface area is 162 Å². The van der Waals surface area contributed by atoms with Crippen molar-refractivity contribution in [1.29, 1.82) is 0 Å². The molecule has 0 bridgehead atoms. The fourth-order valence-corrected chi connectivity index (χ4v) is 2.73. The maximum atomic E-state index is 12.2. The Bertz CT molecular complexity index is 763. The van der Waals surface area contributed by atoms with Crippen LogP contribution in [-0.2, 0) is 20.1 Å². The normalized spacial score (nSPS) is 12.6. The van der Waals surface area contributed by atoms with Crippen molar-refractivity contribution >= 4 is 11.9 Å². The standard InChI is InChI=1S/C21H31N5O/c1-6-16(2)24-20(27)18-11-9-17(10-12-18)14-23-21(22-3)26(5)15-19-8-7-13-25(19)4/h7-13,16H,6,14-15H2,1-5H3,(H,22,23)(H,24,27). The molecule has 0 aliphatic rings. The molecular weight excluding hydrogens is 338 g/mol. The lowest BCUT2D eigenvalue weighted by molar-refractivity contribution is 0.0939. The van der Waals surface area contributed by atoms with Crippen molar-refractivity contribution in [1.82, 2.24) is 20.1 Å². The van der Waals surface area contributed by atoms with E-state index in [0.29, 0.717) is 12.1 Å². The van der Waals surface area contributed by atoms with E-state index in [1.807, 2.05) is 57.5 Å². The first-order valence-corrected chi connectivity index (χ1v) is 9.36. The van der Waals surface area contributed by atoms with Gasteiger partial charge in [-0.25, -0.2) is 0 Å². The minimum absolute atomic E-state index is 0.0260. The second-order valence-electron chi connectivity index (χ2n) is 6.85. The molecule has 146 valence electrons. The van der Waals surface area contributed by atoms with Crippen LogP contribution >= 0.6 is 0 Å². The highest BCUT2D eigenvalue weighted by Crippen LogP contribution is 2.07. The van der Waals surface area contributed by atoms with Crippen LogP contribution in [0.3, 0.4) is 0 Å². The Morgan fingerprint density at radius 3 is 2.52 bits per heavy atom. The number of aryl methyl sites for hydroxylation is 1. The van der Waals surface area contributed by atoms with Crippen LogP contribution in [0.25, 0.3) is 0 Å². The smallest absolute Gasteiger partial charge is 0.251 e. The largest absolute Gasteiger partial charge is 0.353 e. The van der Waals surface area contributed by atoms with Gasteiger partial charge >= 0.3 is 0 Å². The summed E-state index contributed by atoms with van der Waals surface area (Å²) in [4.78, 5) is 18.6. The van der Waals surface area contributed by atoms with E-state index >= 15 is 0 Å². The van der Waals surface area contributed by atoms with Crippen molar-refractivity contribution in [3.63, 3.8) is 0 Å². The highest BCUT2D eigenvalue weighted by Gasteiger charge is 2.10. The number of nitrogens with one attached hydrogen (secondary N) is 2. The first kappa shape index (κ1) is 20.6. The van der Waals surface area contributed by atoms with E-state index in [1.165, 1.54) is 5.69 Å². The number of aromatic nitrogens is 1. The lowest BCUT2D eigenvalue weighted by atomic mass is 10.1. The molecule has 0 aliphatic heterocycles. The number of benzene rings is 1. The summed E-state index contributed by atoms with van der Waals surface area (Å²) in [5.41, 5.74) is 3.00. The summed E-state index contributed by atoms with van der Waals surface area (Å²) in [6.07, 6.45) is 2.96. The zero-order valence-electron chi connectivity index (χ0n) is 17.0. The van der Waals surface area contributed by atoms with Gasteiger partial charge in [0.15, 0.2) is 5.96 Å². The molecule has 0 saturated heterocycles. The lowest BCUT2D eigenvalue weighted by Gasteiger charge is -2.22. The zero-order valence-corrected chi connectivity index (χ0v) is 17.0. The van der Waals surface area contributed by atoms with Crippen LogP contribution in [0.2, 0.25) is 0 Å². The van der Waals surface area contributed by atoms with Crippen LogP contribution in [0.5, 0.6) is 0 Å². The fraction of sp³-hybridized carbons (Fsp3) is 0.429. The summed E-state index contributed by atoms with van der Waals surface area (Å²) in [5.74, 6) is 0.803. The van der Waals surface area contributed by atoms with Gasteiger partial charge in [0, 0.05) is 51.2 Å². The summed E-state index contributed by atoms with van der Waals surface area (Å²) >= 11 is 0. The van der Waals surface area contributed by atoms with Crippen LogP contribution in [0.15, 0.2) is 47.6 Å². The van der Waals surface area contributed by atoms with Crippen molar-refractivity contribution in [2.45, 2.75) is 39.4 Å².